The molecule has 0 atom stereocenters. The summed E-state index contributed by atoms with van der Waals surface area (Å²) in [6.07, 6.45) is 0.952. The summed E-state index contributed by atoms with van der Waals surface area (Å²) in [6, 6.07) is 9.41. The van der Waals surface area contributed by atoms with Crippen LogP contribution in [0.15, 0.2) is 30.3 Å². The molecule has 0 aliphatic carbocycles. The summed E-state index contributed by atoms with van der Waals surface area (Å²) in [5.41, 5.74) is 9.20. The minimum atomic E-state index is -0.113. The molecular weight excluding hydrogens is 252 g/mol. The molecule has 1 heterocycles. The van der Waals surface area contributed by atoms with Gasteiger partial charge in [0, 0.05) is 23.5 Å². The summed E-state index contributed by atoms with van der Waals surface area (Å²) >= 11 is 0. The summed E-state index contributed by atoms with van der Waals surface area (Å²) in [7, 11) is 0. The van der Waals surface area contributed by atoms with Gasteiger partial charge >= 0.3 is 0 Å². The van der Waals surface area contributed by atoms with Crippen molar-refractivity contribution in [2.75, 3.05) is 11.1 Å². The minimum absolute atomic E-state index is 0.113. The third-order valence-corrected chi connectivity index (χ3v) is 2.91. The van der Waals surface area contributed by atoms with Crippen LogP contribution in [0.4, 0.5) is 11.6 Å². The number of nitrogen functional groups attached to an aromatic ring is 1. The van der Waals surface area contributed by atoms with Gasteiger partial charge in [0.2, 0.25) is 11.9 Å². The average Bonchev–Trinajstić information content (AvgIpc) is 2.36. The van der Waals surface area contributed by atoms with Crippen LogP contribution in [0.1, 0.15) is 23.4 Å². The number of aryl methyl sites for hydroxylation is 3. The minimum Gasteiger partial charge on any atom is -0.399 e. The molecule has 2 aromatic rings. The second-order valence-electron chi connectivity index (χ2n) is 4.72. The van der Waals surface area contributed by atoms with Gasteiger partial charge in [-0.3, -0.25) is 10.1 Å². The zero-order chi connectivity index (χ0) is 14.5. The van der Waals surface area contributed by atoms with Gasteiger partial charge in [0.25, 0.3) is 0 Å². The molecule has 0 aliphatic rings. The molecule has 3 N–H and O–H groups in total. The molecule has 0 bridgehead atoms. The normalized spacial score (nSPS) is 10.3. The zero-order valence-corrected chi connectivity index (χ0v) is 11.7. The molecule has 0 saturated carbocycles. The highest BCUT2D eigenvalue weighted by Gasteiger charge is 2.07. The highest BCUT2D eigenvalue weighted by atomic mass is 16.1. The predicted octanol–water partition coefficient (Wildman–Crippen LogP) is 2.25. The molecule has 1 amide bonds. The van der Waals surface area contributed by atoms with Gasteiger partial charge in [0.1, 0.15) is 0 Å². The van der Waals surface area contributed by atoms with Crippen molar-refractivity contribution in [3.63, 3.8) is 0 Å². The smallest absolute Gasteiger partial charge is 0.229 e. The topological polar surface area (TPSA) is 80.9 Å². The zero-order valence-electron chi connectivity index (χ0n) is 11.7. The van der Waals surface area contributed by atoms with Crippen LogP contribution < -0.4 is 11.1 Å². The molecule has 2 rings (SSSR count). The largest absolute Gasteiger partial charge is 0.399 e. The van der Waals surface area contributed by atoms with Gasteiger partial charge in [-0.25, -0.2) is 9.97 Å². The number of carbonyl (C=O) groups is 1. The number of rotatable bonds is 4. The Bertz CT molecular complexity index is 605. The molecule has 104 valence electrons. The van der Waals surface area contributed by atoms with E-state index in [4.69, 9.17) is 5.73 Å². The fourth-order valence-electron chi connectivity index (χ4n) is 1.98. The predicted molar refractivity (Wildman–Crippen MR) is 79.3 cm³/mol. The Labute approximate surface area is 118 Å². The first-order chi connectivity index (χ1) is 9.54. The van der Waals surface area contributed by atoms with Crippen molar-refractivity contribution in [2.45, 2.75) is 26.7 Å². The molecule has 0 fully saturated rings. The summed E-state index contributed by atoms with van der Waals surface area (Å²) in [4.78, 5) is 20.2. The number of para-hydroxylation sites is 1. The number of nitrogens with one attached hydrogen (secondary N) is 1. The number of nitrogens with two attached hydrogens (primary N) is 1. The highest BCUT2D eigenvalue weighted by Crippen LogP contribution is 2.13. The molecule has 0 spiro atoms. The maximum Gasteiger partial charge on any atom is 0.229 e. The lowest BCUT2D eigenvalue weighted by Crippen LogP contribution is -2.15. The number of hydrogen-bond donors (Lipinski definition) is 2. The van der Waals surface area contributed by atoms with Crippen molar-refractivity contribution in [1.82, 2.24) is 9.97 Å². The second kappa shape index (κ2) is 6.14. The van der Waals surface area contributed by atoms with E-state index < -0.39 is 0 Å². The fourth-order valence-corrected chi connectivity index (χ4v) is 1.98. The highest BCUT2D eigenvalue weighted by molar-refractivity contribution is 5.89. The van der Waals surface area contributed by atoms with E-state index in [2.05, 4.69) is 15.3 Å². The van der Waals surface area contributed by atoms with Crippen molar-refractivity contribution >= 4 is 17.5 Å². The van der Waals surface area contributed by atoms with Gasteiger partial charge in [-0.15, -0.1) is 0 Å². The number of carbonyl (C=O) groups excluding carboxylic acids is 1. The van der Waals surface area contributed by atoms with E-state index >= 15 is 0 Å². The van der Waals surface area contributed by atoms with E-state index in [-0.39, 0.29) is 5.91 Å². The van der Waals surface area contributed by atoms with Gasteiger partial charge in [-0.1, -0.05) is 18.2 Å². The van der Waals surface area contributed by atoms with E-state index in [9.17, 15) is 4.79 Å². The lowest BCUT2D eigenvalue weighted by molar-refractivity contribution is -0.116. The third-order valence-electron chi connectivity index (χ3n) is 2.91. The number of benzene rings is 1. The van der Waals surface area contributed by atoms with E-state index in [0.29, 0.717) is 24.5 Å². The van der Waals surface area contributed by atoms with Crippen molar-refractivity contribution in [3.8, 4) is 0 Å². The van der Waals surface area contributed by atoms with Gasteiger partial charge in [-0.2, -0.15) is 0 Å². The molecule has 0 radical (unpaired) electrons. The number of nitrogens with zero attached hydrogens (tertiary/aromatic N) is 2. The summed E-state index contributed by atoms with van der Waals surface area (Å²) in [6.45, 7) is 3.74. The quantitative estimate of drug-likeness (QED) is 0.835. The van der Waals surface area contributed by atoms with Crippen molar-refractivity contribution in [2.24, 2.45) is 0 Å². The van der Waals surface area contributed by atoms with Crippen LogP contribution in [0.25, 0.3) is 0 Å². The van der Waals surface area contributed by atoms with Gasteiger partial charge < -0.3 is 5.73 Å². The van der Waals surface area contributed by atoms with Crippen molar-refractivity contribution in [1.29, 1.82) is 0 Å². The molecule has 0 aliphatic heterocycles. The Morgan fingerprint density at radius 1 is 1.20 bits per heavy atom. The number of aromatic nitrogens is 2. The standard InChI is InChI=1S/C15H18N4O/c1-10-9-11(2)18-15(17-10)19-14(20)8-7-12-5-3-4-6-13(12)16/h3-6,9H,7-8,16H2,1-2H3,(H,17,18,19,20). The number of hydrogen-bond acceptors (Lipinski definition) is 4. The van der Waals surface area contributed by atoms with E-state index in [1.54, 1.807) is 0 Å². The molecule has 1 aromatic heterocycles. The van der Waals surface area contributed by atoms with Crippen LogP contribution in [0.2, 0.25) is 0 Å². The molecule has 20 heavy (non-hydrogen) atoms. The van der Waals surface area contributed by atoms with Gasteiger partial charge in [0.05, 0.1) is 0 Å². The van der Waals surface area contributed by atoms with Crippen LogP contribution >= 0.6 is 0 Å². The molecule has 1 aromatic carbocycles. The van der Waals surface area contributed by atoms with Crippen LogP contribution in [0.5, 0.6) is 0 Å². The lowest BCUT2D eigenvalue weighted by atomic mass is 10.1. The molecule has 0 unspecified atom stereocenters. The average molecular weight is 270 g/mol. The summed E-state index contributed by atoms with van der Waals surface area (Å²) < 4.78 is 0. The first-order valence-corrected chi connectivity index (χ1v) is 6.50. The van der Waals surface area contributed by atoms with Crippen LogP contribution in [0.3, 0.4) is 0 Å². The molecular formula is C15H18N4O. The molecule has 5 heteroatoms. The molecule has 0 saturated heterocycles. The van der Waals surface area contributed by atoms with Gasteiger partial charge in [-0.05, 0) is 38.0 Å². The van der Waals surface area contributed by atoms with Crippen LogP contribution in [-0.2, 0) is 11.2 Å². The fraction of sp³-hybridized carbons (Fsp3) is 0.267. The first kappa shape index (κ1) is 14.0. The van der Waals surface area contributed by atoms with Crippen LogP contribution in [-0.4, -0.2) is 15.9 Å². The SMILES string of the molecule is Cc1cc(C)nc(NC(=O)CCc2ccccc2N)n1. The Morgan fingerprint density at radius 3 is 2.50 bits per heavy atom. The maximum atomic E-state index is 11.9. The summed E-state index contributed by atoms with van der Waals surface area (Å²) in [5, 5.41) is 2.71. The van der Waals surface area contributed by atoms with E-state index in [1.165, 1.54) is 0 Å². The van der Waals surface area contributed by atoms with Crippen LogP contribution in [0, 0.1) is 13.8 Å². The number of amides is 1. The Hall–Kier alpha value is -2.43. The third kappa shape index (κ3) is 3.78. The Morgan fingerprint density at radius 2 is 1.85 bits per heavy atom. The Balaban J connectivity index is 1.94. The second-order valence-corrected chi connectivity index (χ2v) is 4.72. The summed E-state index contributed by atoms with van der Waals surface area (Å²) in [5.74, 6) is 0.242. The lowest BCUT2D eigenvalue weighted by Gasteiger charge is -2.07. The number of anilines is 2. The van der Waals surface area contributed by atoms with Crippen molar-refractivity contribution in [3.05, 3.63) is 47.3 Å². The van der Waals surface area contributed by atoms with Gasteiger partial charge in [0.15, 0.2) is 0 Å². The Kier molecular flexibility index (Phi) is 4.30. The van der Waals surface area contributed by atoms with E-state index in [1.807, 2.05) is 44.2 Å². The first-order valence-electron chi connectivity index (χ1n) is 6.50. The molecule has 5 nitrogen and oxygen atoms in total. The van der Waals surface area contributed by atoms with E-state index in [0.717, 1.165) is 17.0 Å². The maximum absolute atomic E-state index is 11.9. The monoisotopic (exact) mass is 270 g/mol. The van der Waals surface area contributed by atoms with Crippen molar-refractivity contribution < 1.29 is 4.79 Å².